The molecule has 0 saturated carbocycles. The molecule has 0 radical (unpaired) electrons. The molecule has 0 aromatic carbocycles. The lowest BCUT2D eigenvalue weighted by Gasteiger charge is -2.29. The minimum atomic E-state index is -4.28. The van der Waals surface area contributed by atoms with Gasteiger partial charge >= 0.3 is 6.18 Å². The molecule has 2 heterocycles. The summed E-state index contributed by atoms with van der Waals surface area (Å²) in [7, 11) is 0. The Morgan fingerprint density at radius 3 is 2.59 bits per heavy atom. The predicted molar refractivity (Wildman–Crippen MR) is 59.6 cm³/mol. The van der Waals surface area contributed by atoms with Crippen molar-refractivity contribution < 1.29 is 13.2 Å². The normalized spacial score (nSPS) is 19.8. The van der Waals surface area contributed by atoms with Crippen LogP contribution in [0.4, 0.5) is 13.2 Å². The number of likely N-dealkylation sites (tertiary alicyclic amines) is 1. The number of nitrogens with two attached hydrogens (primary N) is 1. The van der Waals surface area contributed by atoms with Crippen molar-refractivity contribution in [1.82, 2.24) is 9.88 Å². The minimum absolute atomic E-state index is 0.230. The van der Waals surface area contributed by atoms with Gasteiger partial charge in [-0.3, -0.25) is 4.90 Å². The number of nitrogens with zero attached hydrogens (tertiary/aromatic N) is 2. The van der Waals surface area contributed by atoms with Crippen molar-refractivity contribution in [3.05, 3.63) is 16.1 Å². The Balaban J connectivity index is 1.93. The molecular formula is C10H14F3N3S. The van der Waals surface area contributed by atoms with Crippen molar-refractivity contribution in [3.8, 4) is 0 Å². The summed E-state index contributed by atoms with van der Waals surface area (Å²) >= 11 is 0.725. The van der Waals surface area contributed by atoms with Crippen LogP contribution in [0, 0.1) is 0 Å². The Morgan fingerprint density at radius 1 is 1.41 bits per heavy atom. The zero-order valence-electron chi connectivity index (χ0n) is 9.20. The van der Waals surface area contributed by atoms with E-state index in [2.05, 4.69) is 9.88 Å². The van der Waals surface area contributed by atoms with Crippen molar-refractivity contribution >= 4 is 11.3 Å². The molecule has 2 rings (SSSR count). The van der Waals surface area contributed by atoms with E-state index in [-0.39, 0.29) is 6.04 Å². The monoisotopic (exact) mass is 265 g/mol. The molecule has 17 heavy (non-hydrogen) atoms. The third kappa shape index (κ3) is 3.40. The number of hydrogen-bond acceptors (Lipinski definition) is 4. The lowest BCUT2D eigenvalue weighted by Crippen LogP contribution is -2.39. The van der Waals surface area contributed by atoms with Crippen LogP contribution in [0.25, 0.3) is 0 Å². The van der Waals surface area contributed by atoms with Crippen molar-refractivity contribution in [3.63, 3.8) is 0 Å². The first kappa shape index (κ1) is 12.8. The Kier molecular flexibility index (Phi) is 3.70. The van der Waals surface area contributed by atoms with Crippen LogP contribution < -0.4 is 5.73 Å². The summed E-state index contributed by atoms with van der Waals surface area (Å²) in [6.45, 7) is 2.16. The molecule has 1 aliphatic rings. The summed E-state index contributed by atoms with van der Waals surface area (Å²) in [6.07, 6.45) is -1.56. The molecule has 1 fully saturated rings. The second-order valence-corrected chi connectivity index (χ2v) is 5.34. The molecule has 1 aromatic rings. The van der Waals surface area contributed by atoms with E-state index < -0.39 is 11.1 Å². The Morgan fingerprint density at radius 2 is 2.06 bits per heavy atom. The number of piperidine rings is 1. The number of rotatable bonds is 2. The van der Waals surface area contributed by atoms with Gasteiger partial charge in [-0.25, -0.2) is 4.98 Å². The molecule has 0 aliphatic carbocycles. The van der Waals surface area contributed by atoms with Gasteiger partial charge in [0.15, 0.2) is 0 Å². The lowest BCUT2D eigenvalue weighted by atomic mass is 10.1. The van der Waals surface area contributed by atoms with Gasteiger partial charge < -0.3 is 5.73 Å². The molecule has 96 valence electrons. The zero-order chi connectivity index (χ0) is 12.5. The zero-order valence-corrected chi connectivity index (χ0v) is 10.0. The average Bonchev–Trinajstić information content (AvgIpc) is 2.69. The first-order valence-corrected chi connectivity index (χ1v) is 6.26. The van der Waals surface area contributed by atoms with Crippen LogP contribution >= 0.6 is 11.3 Å². The van der Waals surface area contributed by atoms with Gasteiger partial charge in [-0.15, -0.1) is 11.3 Å². The third-order valence-corrected chi connectivity index (χ3v) is 3.85. The molecule has 0 unspecified atom stereocenters. The maximum Gasteiger partial charge on any atom is 0.427 e. The van der Waals surface area contributed by atoms with Crippen LogP contribution in [0.3, 0.4) is 0 Å². The van der Waals surface area contributed by atoms with E-state index in [1.165, 1.54) is 0 Å². The number of halogens is 3. The van der Waals surface area contributed by atoms with Gasteiger partial charge in [0.2, 0.25) is 0 Å². The van der Waals surface area contributed by atoms with Crippen molar-refractivity contribution in [1.29, 1.82) is 0 Å². The highest BCUT2D eigenvalue weighted by Gasteiger charge is 2.33. The lowest BCUT2D eigenvalue weighted by molar-refractivity contribution is -0.134. The maximum atomic E-state index is 12.4. The van der Waals surface area contributed by atoms with Crippen LogP contribution in [0.5, 0.6) is 0 Å². The van der Waals surface area contributed by atoms with Crippen LogP contribution in [0.2, 0.25) is 0 Å². The smallest absolute Gasteiger partial charge is 0.328 e. The molecule has 0 atom stereocenters. The topological polar surface area (TPSA) is 42.1 Å². The van der Waals surface area contributed by atoms with E-state index in [1.54, 1.807) is 0 Å². The molecule has 7 heteroatoms. The number of alkyl halides is 3. The summed E-state index contributed by atoms with van der Waals surface area (Å²) in [5, 5.41) is 0.521. The first-order valence-electron chi connectivity index (χ1n) is 5.45. The van der Waals surface area contributed by atoms with Gasteiger partial charge in [0, 0.05) is 19.1 Å². The molecule has 1 aromatic heterocycles. The van der Waals surface area contributed by atoms with Gasteiger partial charge in [-0.1, -0.05) is 0 Å². The minimum Gasteiger partial charge on any atom is -0.328 e. The van der Waals surface area contributed by atoms with E-state index in [1.807, 2.05) is 0 Å². The SMILES string of the molecule is NC1CCN(Cc2ncc(C(F)(F)F)s2)CC1. The van der Waals surface area contributed by atoms with E-state index in [0.717, 1.165) is 43.5 Å². The Bertz CT molecular complexity index is 369. The quantitative estimate of drug-likeness (QED) is 0.890. The van der Waals surface area contributed by atoms with Gasteiger partial charge in [-0.05, 0) is 12.8 Å². The fourth-order valence-electron chi connectivity index (χ4n) is 1.82. The van der Waals surface area contributed by atoms with E-state index in [4.69, 9.17) is 5.73 Å². The maximum absolute atomic E-state index is 12.4. The summed E-state index contributed by atoms with van der Waals surface area (Å²) < 4.78 is 37.1. The van der Waals surface area contributed by atoms with Gasteiger partial charge in [-0.2, -0.15) is 13.2 Å². The Labute approximate surface area is 101 Å². The fraction of sp³-hybridized carbons (Fsp3) is 0.700. The summed E-state index contributed by atoms with van der Waals surface area (Å²) in [5.74, 6) is 0. The fourth-order valence-corrected chi connectivity index (χ4v) is 2.64. The average molecular weight is 265 g/mol. The molecule has 1 saturated heterocycles. The van der Waals surface area contributed by atoms with Gasteiger partial charge in [0.25, 0.3) is 0 Å². The largest absolute Gasteiger partial charge is 0.427 e. The van der Waals surface area contributed by atoms with Crippen molar-refractivity contribution in [2.45, 2.75) is 31.6 Å². The first-order chi connectivity index (χ1) is 7.95. The van der Waals surface area contributed by atoms with Crippen molar-refractivity contribution in [2.75, 3.05) is 13.1 Å². The van der Waals surface area contributed by atoms with E-state index in [0.29, 0.717) is 11.6 Å². The molecule has 0 amide bonds. The number of thiazole rings is 1. The van der Waals surface area contributed by atoms with Crippen LogP contribution in [-0.2, 0) is 12.7 Å². The van der Waals surface area contributed by atoms with Gasteiger partial charge in [0.05, 0.1) is 12.7 Å². The number of aromatic nitrogens is 1. The highest BCUT2D eigenvalue weighted by molar-refractivity contribution is 7.11. The molecule has 0 spiro atoms. The molecule has 2 N–H and O–H groups in total. The summed E-state index contributed by atoms with van der Waals surface area (Å²) in [4.78, 5) is 5.30. The van der Waals surface area contributed by atoms with Crippen LogP contribution in [-0.4, -0.2) is 29.0 Å². The van der Waals surface area contributed by atoms with E-state index in [9.17, 15) is 13.2 Å². The molecule has 1 aliphatic heterocycles. The van der Waals surface area contributed by atoms with Crippen LogP contribution in [0.1, 0.15) is 22.7 Å². The summed E-state index contributed by atoms with van der Waals surface area (Å²) in [6, 6.07) is 0.230. The van der Waals surface area contributed by atoms with Gasteiger partial charge in [0.1, 0.15) is 9.88 Å². The predicted octanol–water partition coefficient (Wildman–Crippen LogP) is 2.08. The van der Waals surface area contributed by atoms with Crippen molar-refractivity contribution in [2.24, 2.45) is 5.73 Å². The number of hydrogen-bond donors (Lipinski definition) is 1. The van der Waals surface area contributed by atoms with E-state index >= 15 is 0 Å². The standard InChI is InChI=1S/C10H14F3N3S/c11-10(12,13)8-5-15-9(17-8)6-16-3-1-7(14)2-4-16/h5,7H,1-4,6,14H2. The van der Waals surface area contributed by atoms with Crippen LogP contribution in [0.15, 0.2) is 6.20 Å². The molecular weight excluding hydrogens is 251 g/mol. The molecule has 0 bridgehead atoms. The highest BCUT2D eigenvalue weighted by atomic mass is 32.1. The summed E-state index contributed by atoms with van der Waals surface area (Å²) in [5.41, 5.74) is 5.76. The molecule has 3 nitrogen and oxygen atoms in total. The highest BCUT2D eigenvalue weighted by Crippen LogP contribution is 2.33. The Hall–Kier alpha value is -0.660. The second-order valence-electron chi connectivity index (χ2n) is 4.23. The second kappa shape index (κ2) is 4.91. The third-order valence-electron chi connectivity index (χ3n) is 2.82.